The van der Waals surface area contributed by atoms with Crippen LogP contribution >= 0.6 is 15.9 Å². The van der Waals surface area contributed by atoms with Crippen LogP contribution in [0.15, 0.2) is 27.3 Å². The molecule has 0 atom stereocenters. The van der Waals surface area contributed by atoms with E-state index in [2.05, 4.69) is 36.2 Å². The zero-order valence-corrected chi connectivity index (χ0v) is 10.9. The Morgan fingerprint density at radius 3 is 2.83 bits per heavy atom. The first-order valence-electron chi connectivity index (χ1n) is 4.84. The van der Waals surface area contributed by atoms with Crippen LogP contribution in [-0.4, -0.2) is 23.3 Å². The molecule has 1 aromatic carbocycles. The SMILES string of the molecule is COc1cc(Br)cc(NC(=O)c2nonc2N)c1. The lowest BCUT2D eigenvalue weighted by atomic mass is 10.3. The van der Waals surface area contributed by atoms with E-state index in [0.717, 1.165) is 4.47 Å². The summed E-state index contributed by atoms with van der Waals surface area (Å²) in [6.07, 6.45) is 0. The van der Waals surface area contributed by atoms with Crippen molar-refractivity contribution in [3.63, 3.8) is 0 Å². The second-order valence-corrected chi connectivity index (χ2v) is 4.25. The number of ether oxygens (including phenoxy) is 1. The number of methoxy groups -OCH3 is 1. The Bertz CT molecular complexity index is 584. The van der Waals surface area contributed by atoms with Gasteiger partial charge in [0.2, 0.25) is 11.5 Å². The summed E-state index contributed by atoms with van der Waals surface area (Å²) >= 11 is 3.30. The van der Waals surface area contributed by atoms with E-state index in [0.29, 0.717) is 11.4 Å². The summed E-state index contributed by atoms with van der Waals surface area (Å²) in [5, 5.41) is 9.35. The van der Waals surface area contributed by atoms with E-state index in [1.807, 2.05) is 0 Å². The van der Waals surface area contributed by atoms with Gasteiger partial charge in [0, 0.05) is 16.2 Å². The Balaban J connectivity index is 2.22. The summed E-state index contributed by atoms with van der Waals surface area (Å²) in [6.45, 7) is 0. The fourth-order valence-electron chi connectivity index (χ4n) is 1.30. The first kappa shape index (κ1) is 12.4. The van der Waals surface area contributed by atoms with Crippen molar-refractivity contribution in [1.82, 2.24) is 10.3 Å². The van der Waals surface area contributed by atoms with Gasteiger partial charge in [0.1, 0.15) is 5.75 Å². The summed E-state index contributed by atoms with van der Waals surface area (Å²) in [6, 6.07) is 5.14. The van der Waals surface area contributed by atoms with Crippen molar-refractivity contribution in [2.24, 2.45) is 0 Å². The maximum Gasteiger partial charge on any atom is 0.281 e. The van der Waals surface area contributed by atoms with E-state index in [4.69, 9.17) is 10.5 Å². The number of hydrogen-bond acceptors (Lipinski definition) is 6. The molecule has 2 aromatic rings. The van der Waals surface area contributed by atoms with Crippen molar-refractivity contribution >= 4 is 33.3 Å². The van der Waals surface area contributed by atoms with Gasteiger partial charge in [0.05, 0.1) is 7.11 Å². The van der Waals surface area contributed by atoms with Crippen molar-refractivity contribution in [3.05, 3.63) is 28.4 Å². The summed E-state index contributed by atoms with van der Waals surface area (Å²) in [4.78, 5) is 11.8. The molecule has 0 unspecified atom stereocenters. The lowest BCUT2D eigenvalue weighted by Crippen LogP contribution is -2.14. The molecule has 94 valence electrons. The van der Waals surface area contributed by atoms with Gasteiger partial charge in [-0.2, -0.15) is 0 Å². The first-order valence-corrected chi connectivity index (χ1v) is 5.63. The van der Waals surface area contributed by atoms with E-state index in [-0.39, 0.29) is 11.5 Å². The fourth-order valence-corrected chi connectivity index (χ4v) is 1.77. The molecule has 0 aliphatic carbocycles. The minimum atomic E-state index is -0.506. The van der Waals surface area contributed by atoms with Crippen molar-refractivity contribution in [1.29, 1.82) is 0 Å². The maximum atomic E-state index is 11.8. The molecular weight excluding hydrogens is 304 g/mol. The van der Waals surface area contributed by atoms with Gasteiger partial charge in [-0.15, -0.1) is 0 Å². The van der Waals surface area contributed by atoms with Crippen LogP contribution in [0.1, 0.15) is 10.5 Å². The Labute approximate surface area is 110 Å². The molecule has 1 amide bonds. The van der Waals surface area contributed by atoms with Crippen LogP contribution in [0.5, 0.6) is 5.75 Å². The summed E-state index contributed by atoms with van der Waals surface area (Å²) in [5.41, 5.74) is 5.89. The molecule has 7 nitrogen and oxygen atoms in total. The predicted octanol–water partition coefficient (Wildman–Crippen LogP) is 1.68. The number of rotatable bonds is 3. The number of anilines is 2. The molecule has 0 aliphatic heterocycles. The van der Waals surface area contributed by atoms with E-state index < -0.39 is 5.91 Å². The highest BCUT2D eigenvalue weighted by molar-refractivity contribution is 9.10. The topological polar surface area (TPSA) is 103 Å². The molecule has 0 fully saturated rings. The fraction of sp³-hybridized carbons (Fsp3) is 0.100. The largest absolute Gasteiger partial charge is 0.497 e. The van der Waals surface area contributed by atoms with Gasteiger partial charge in [-0.05, 0) is 22.4 Å². The van der Waals surface area contributed by atoms with Crippen LogP contribution < -0.4 is 15.8 Å². The number of nitrogens with two attached hydrogens (primary N) is 1. The third-order valence-electron chi connectivity index (χ3n) is 2.09. The molecule has 0 aliphatic rings. The molecule has 1 aromatic heterocycles. The molecule has 8 heteroatoms. The normalized spacial score (nSPS) is 10.1. The van der Waals surface area contributed by atoms with Gasteiger partial charge in [0.25, 0.3) is 5.91 Å². The van der Waals surface area contributed by atoms with E-state index >= 15 is 0 Å². The predicted molar refractivity (Wildman–Crippen MR) is 67.4 cm³/mol. The van der Waals surface area contributed by atoms with E-state index in [9.17, 15) is 4.79 Å². The number of benzene rings is 1. The number of nitrogen functional groups attached to an aromatic ring is 1. The number of nitrogens with one attached hydrogen (secondary N) is 1. The Kier molecular flexibility index (Phi) is 3.47. The van der Waals surface area contributed by atoms with Crippen LogP contribution in [0.25, 0.3) is 0 Å². The van der Waals surface area contributed by atoms with Crippen LogP contribution in [-0.2, 0) is 0 Å². The summed E-state index contributed by atoms with van der Waals surface area (Å²) in [7, 11) is 1.53. The number of amides is 1. The first-order chi connectivity index (χ1) is 8.60. The number of nitrogens with zero attached hydrogens (tertiary/aromatic N) is 2. The zero-order chi connectivity index (χ0) is 13.1. The van der Waals surface area contributed by atoms with Gasteiger partial charge in [-0.25, -0.2) is 4.63 Å². The summed E-state index contributed by atoms with van der Waals surface area (Å²) in [5.74, 6) is 0.0364. The Morgan fingerprint density at radius 2 is 2.22 bits per heavy atom. The van der Waals surface area contributed by atoms with Gasteiger partial charge in [-0.1, -0.05) is 15.9 Å². The third kappa shape index (κ3) is 2.59. The molecule has 0 bridgehead atoms. The van der Waals surface area contributed by atoms with Gasteiger partial charge in [-0.3, -0.25) is 4.79 Å². The summed E-state index contributed by atoms with van der Waals surface area (Å²) < 4.78 is 10.2. The van der Waals surface area contributed by atoms with E-state index in [1.54, 1.807) is 18.2 Å². The minimum Gasteiger partial charge on any atom is -0.497 e. The molecule has 0 saturated heterocycles. The smallest absolute Gasteiger partial charge is 0.281 e. The Morgan fingerprint density at radius 1 is 1.44 bits per heavy atom. The molecule has 1 heterocycles. The number of aromatic nitrogens is 2. The maximum absolute atomic E-state index is 11.8. The number of carbonyl (C=O) groups excluding carboxylic acids is 1. The van der Waals surface area contributed by atoms with Gasteiger partial charge in [0.15, 0.2) is 0 Å². The number of carbonyl (C=O) groups is 1. The number of halogens is 1. The van der Waals surface area contributed by atoms with Crippen LogP contribution in [0.2, 0.25) is 0 Å². The zero-order valence-electron chi connectivity index (χ0n) is 9.31. The highest BCUT2D eigenvalue weighted by Crippen LogP contribution is 2.24. The Hall–Kier alpha value is -2.09. The average Bonchev–Trinajstić information content (AvgIpc) is 2.74. The average molecular weight is 313 g/mol. The number of hydrogen-bond donors (Lipinski definition) is 2. The van der Waals surface area contributed by atoms with Crippen LogP contribution in [0.3, 0.4) is 0 Å². The molecule has 3 N–H and O–H groups in total. The van der Waals surface area contributed by atoms with Gasteiger partial charge >= 0.3 is 0 Å². The van der Waals surface area contributed by atoms with Crippen molar-refractivity contribution in [2.45, 2.75) is 0 Å². The van der Waals surface area contributed by atoms with Crippen molar-refractivity contribution in [2.75, 3.05) is 18.2 Å². The molecule has 0 radical (unpaired) electrons. The lowest BCUT2D eigenvalue weighted by Gasteiger charge is -2.06. The van der Waals surface area contributed by atoms with E-state index in [1.165, 1.54) is 7.11 Å². The molecule has 2 rings (SSSR count). The highest BCUT2D eigenvalue weighted by Gasteiger charge is 2.16. The molecular formula is C10H9BrN4O3. The monoisotopic (exact) mass is 312 g/mol. The van der Waals surface area contributed by atoms with Crippen molar-refractivity contribution < 1.29 is 14.2 Å². The van der Waals surface area contributed by atoms with Crippen LogP contribution in [0, 0.1) is 0 Å². The minimum absolute atomic E-state index is 0.0607. The molecule has 18 heavy (non-hydrogen) atoms. The van der Waals surface area contributed by atoms with Crippen LogP contribution in [0.4, 0.5) is 11.5 Å². The third-order valence-corrected chi connectivity index (χ3v) is 2.55. The molecule has 0 spiro atoms. The van der Waals surface area contributed by atoms with Gasteiger partial charge < -0.3 is 15.8 Å². The lowest BCUT2D eigenvalue weighted by molar-refractivity contribution is 0.101. The molecule has 0 saturated carbocycles. The van der Waals surface area contributed by atoms with Crippen molar-refractivity contribution in [3.8, 4) is 5.75 Å². The standard InChI is InChI=1S/C10H9BrN4O3/c1-17-7-3-5(11)2-6(4-7)13-10(16)8-9(12)15-18-14-8/h2-4H,1H3,(H2,12,15)(H,13,16). The highest BCUT2D eigenvalue weighted by atomic mass is 79.9. The second-order valence-electron chi connectivity index (χ2n) is 3.33. The quantitative estimate of drug-likeness (QED) is 0.893. The second kappa shape index (κ2) is 5.05.